The largest absolute Gasteiger partial charge is 0.454 e. The number of hydrogen-bond acceptors (Lipinski definition) is 6. The Hall–Kier alpha value is -2.22. The lowest BCUT2D eigenvalue weighted by Crippen LogP contribution is -2.40. The number of nitrogens with one attached hydrogen (secondary N) is 1. The lowest BCUT2D eigenvalue weighted by Gasteiger charge is -2.36. The van der Waals surface area contributed by atoms with Crippen molar-refractivity contribution >= 4 is 33.2 Å². The van der Waals surface area contributed by atoms with Gasteiger partial charge in [-0.1, -0.05) is 6.42 Å². The molecule has 8 heteroatoms. The minimum absolute atomic E-state index is 0.0500. The van der Waals surface area contributed by atoms with Crippen LogP contribution < -0.4 is 4.72 Å². The van der Waals surface area contributed by atoms with E-state index < -0.39 is 22.1 Å². The van der Waals surface area contributed by atoms with E-state index >= 15 is 0 Å². The minimum atomic E-state index is -3.39. The lowest BCUT2D eigenvalue weighted by molar-refractivity contribution is -0.155. The molecule has 7 nitrogen and oxygen atoms in total. The summed E-state index contributed by atoms with van der Waals surface area (Å²) >= 11 is 0. The molecule has 0 amide bonds. The number of sulfonamides is 1. The molecule has 2 fully saturated rings. The summed E-state index contributed by atoms with van der Waals surface area (Å²) in [6.45, 7) is 1.53. The molecule has 0 heterocycles. The van der Waals surface area contributed by atoms with E-state index in [1.165, 1.54) is 31.2 Å². The summed E-state index contributed by atoms with van der Waals surface area (Å²) in [5.41, 5.74) is 0.678. The van der Waals surface area contributed by atoms with Gasteiger partial charge < -0.3 is 4.74 Å². The van der Waals surface area contributed by atoms with Gasteiger partial charge in [0, 0.05) is 23.1 Å². The van der Waals surface area contributed by atoms with Crippen LogP contribution in [0.25, 0.3) is 0 Å². The van der Waals surface area contributed by atoms with Gasteiger partial charge in [-0.05, 0) is 56.9 Å². The summed E-state index contributed by atoms with van der Waals surface area (Å²) in [6, 6.07) is 5.95. The maximum absolute atomic E-state index is 12.5. The van der Waals surface area contributed by atoms with E-state index in [4.69, 9.17) is 4.74 Å². The summed E-state index contributed by atoms with van der Waals surface area (Å²) in [4.78, 5) is 37.2. The van der Waals surface area contributed by atoms with Crippen LogP contribution in [0.2, 0.25) is 0 Å². The van der Waals surface area contributed by atoms with E-state index in [1.54, 1.807) is 0 Å². The predicted octanol–water partition coefficient (Wildman–Crippen LogP) is 2.57. The quantitative estimate of drug-likeness (QED) is 0.574. The van der Waals surface area contributed by atoms with E-state index in [0.29, 0.717) is 24.1 Å². The molecule has 2 bridgehead atoms. The van der Waals surface area contributed by atoms with Gasteiger partial charge in [-0.3, -0.25) is 19.1 Å². The topological polar surface area (TPSA) is 107 Å². The second-order valence-electron chi connectivity index (χ2n) is 7.79. The van der Waals surface area contributed by atoms with Crippen molar-refractivity contribution in [3.63, 3.8) is 0 Å². The lowest BCUT2D eigenvalue weighted by atomic mass is 9.67. The van der Waals surface area contributed by atoms with Crippen LogP contribution in [-0.4, -0.2) is 38.3 Å². The summed E-state index contributed by atoms with van der Waals surface area (Å²) in [6.07, 6.45) is 3.83. The van der Waals surface area contributed by atoms with Gasteiger partial charge in [0.2, 0.25) is 15.8 Å². The van der Waals surface area contributed by atoms with Crippen molar-refractivity contribution in [2.45, 2.75) is 45.1 Å². The fraction of sp³-hybridized carbons (Fsp3) is 0.550. The van der Waals surface area contributed by atoms with Gasteiger partial charge in [0.05, 0.1) is 12.2 Å². The third kappa shape index (κ3) is 4.79. The molecular formula is C20H25NO6S. The smallest absolute Gasteiger partial charge is 0.309 e. The average Bonchev–Trinajstić information content (AvgIpc) is 2.60. The zero-order valence-corrected chi connectivity index (χ0v) is 16.8. The number of carbonyl (C=O) groups is 3. The fourth-order valence-electron chi connectivity index (χ4n) is 4.15. The highest BCUT2D eigenvalue weighted by Gasteiger charge is 2.42. The summed E-state index contributed by atoms with van der Waals surface area (Å²) in [7, 11) is -3.39. The first kappa shape index (κ1) is 20.5. The molecule has 0 aliphatic heterocycles. The summed E-state index contributed by atoms with van der Waals surface area (Å²) < 4.78 is 30.2. The first-order valence-corrected chi connectivity index (χ1v) is 11.4. The van der Waals surface area contributed by atoms with Crippen molar-refractivity contribution in [2.75, 3.05) is 11.0 Å². The Labute approximate surface area is 164 Å². The molecule has 1 N–H and O–H groups in total. The van der Waals surface area contributed by atoms with Crippen molar-refractivity contribution in [2.24, 2.45) is 17.8 Å². The van der Waals surface area contributed by atoms with E-state index in [9.17, 15) is 22.8 Å². The number of fused-ring (bicyclic) bond motifs is 2. The molecule has 0 radical (unpaired) electrons. The number of ether oxygens (including phenoxy) is 1. The summed E-state index contributed by atoms with van der Waals surface area (Å²) in [5, 5.41) is 0. The van der Waals surface area contributed by atoms with Crippen LogP contribution in [0.1, 0.15) is 49.4 Å². The van der Waals surface area contributed by atoms with Crippen LogP contribution in [0.3, 0.4) is 0 Å². The van der Waals surface area contributed by atoms with Crippen molar-refractivity contribution in [3.05, 3.63) is 29.8 Å². The fourth-order valence-corrected chi connectivity index (χ4v) is 4.71. The van der Waals surface area contributed by atoms with Crippen LogP contribution >= 0.6 is 0 Å². The van der Waals surface area contributed by atoms with Gasteiger partial charge in [-0.25, -0.2) is 8.42 Å². The van der Waals surface area contributed by atoms with Gasteiger partial charge >= 0.3 is 5.97 Å². The number of rotatable bonds is 6. The number of anilines is 1. The average molecular weight is 407 g/mol. The van der Waals surface area contributed by atoms with Crippen LogP contribution in [0.15, 0.2) is 24.3 Å². The van der Waals surface area contributed by atoms with Gasteiger partial charge in [-0.2, -0.15) is 0 Å². The summed E-state index contributed by atoms with van der Waals surface area (Å²) in [5.74, 6) is -0.921. The molecule has 1 unspecified atom stereocenters. The maximum Gasteiger partial charge on any atom is 0.309 e. The van der Waals surface area contributed by atoms with E-state index in [-0.39, 0.29) is 29.3 Å². The zero-order valence-electron chi connectivity index (χ0n) is 16.0. The molecule has 28 heavy (non-hydrogen) atoms. The number of benzene rings is 1. The van der Waals surface area contributed by atoms with E-state index in [1.807, 2.05) is 0 Å². The van der Waals surface area contributed by atoms with Crippen molar-refractivity contribution in [1.82, 2.24) is 0 Å². The van der Waals surface area contributed by atoms with Crippen LogP contribution in [-0.2, 0) is 24.3 Å². The Morgan fingerprint density at radius 1 is 1.11 bits per heavy atom. The van der Waals surface area contributed by atoms with E-state index in [0.717, 1.165) is 25.5 Å². The first-order chi connectivity index (χ1) is 13.1. The number of carbonyl (C=O) groups excluding carboxylic acids is 3. The monoisotopic (exact) mass is 407 g/mol. The number of ketones is 2. The van der Waals surface area contributed by atoms with Crippen LogP contribution in [0.5, 0.6) is 0 Å². The van der Waals surface area contributed by atoms with Crippen molar-refractivity contribution in [3.8, 4) is 0 Å². The molecular weight excluding hydrogens is 382 g/mol. The Balaban J connectivity index is 1.59. The van der Waals surface area contributed by atoms with Crippen LogP contribution in [0.4, 0.5) is 5.69 Å². The molecule has 1 aromatic carbocycles. The molecule has 152 valence electrons. The second kappa shape index (κ2) is 8.03. The van der Waals surface area contributed by atoms with Crippen molar-refractivity contribution in [1.29, 1.82) is 0 Å². The highest BCUT2D eigenvalue weighted by atomic mass is 32.2. The maximum atomic E-state index is 12.5. The van der Waals surface area contributed by atoms with Gasteiger partial charge in [0.25, 0.3) is 0 Å². The Morgan fingerprint density at radius 3 is 2.21 bits per heavy atom. The molecule has 3 rings (SSSR count). The second-order valence-corrected chi connectivity index (χ2v) is 9.54. The molecule has 0 saturated heterocycles. The number of Topliss-reactive ketones (excluding diaryl/α,β-unsaturated/α-hetero) is 2. The number of esters is 1. The third-order valence-corrected chi connectivity index (χ3v) is 6.12. The standard InChI is InChI=1S/C20H25NO6S/c1-12(18(22)13-6-8-17(9-7-13)21-28(2,25)26)27-20(24)16-10-14-4-3-5-15(11-16)19(14)23/h6-9,12,14-16,21H,3-5,10-11H2,1-2H3/t12-,14-,15+,16?/m1/s1. The van der Waals surface area contributed by atoms with E-state index in [2.05, 4.69) is 4.72 Å². The van der Waals surface area contributed by atoms with Gasteiger partial charge in [0.15, 0.2) is 6.10 Å². The zero-order chi connectivity index (χ0) is 20.5. The number of hydrogen-bond donors (Lipinski definition) is 1. The Morgan fingerprint density at radius 2 is 1.68 bits per heavy atom. The molecule has 4 atom stereocenters. The Kier molecular flexibility index (Phi) is 5.88. The first-order valence-electron chi connectivity index (χ1n) is 9.50. The molecule has 0 spiro atoms. The van der Waals surface area contributed by atoms with Gasteiger partial charge in [-0.15, -0.1) is 0 Å². The minimum Gasteiger partial charge on any atom is -0.454 e. The molecule has 1 aromatic rings. The molecule has 0 aromatic heterocycles. The predicted molar refractivity (Wildman–Crippen MR) is 103 cm³/mol. The van der Waals surface area contributed by atoms with Crippen LogP contribution in [0, 0.1) is 17.8 Å². The van der Waals surface area contributed by atoms with Gasteiger partial charge in [0.1, 0.15) is 5.78 Å². The third-order valence-electron chi connectivity index (χ3n) is 5.52. The molecule has 2 aliphatic rings. The normalized spacial score (nSPS) is 25.6. The Bertz CT molecular complexity index is 860. The van der Waals surface area contributed by atoms with Crippen molar-refractivity contribution < 1.29 is 27.5 Å². The highest BCUT2D eigenvalue weighted by molar-refractivity contribution is 7.92. The molecule has 2 aliphatic carbocycles. The highest BCUT2D eigenvalue weighted by Crippen LogP contribution is 2.40. The SMILES string of the molecule is C[C@@H](OC(=O)C1C[C@H]2CCC[C@@H](C1)C2=O)C(=O)c1ccc(NS(C)(=O)=O)cc1. The molecule has 2 saturated carbocycles.